The number of anilines is 1. The van der Waals surface area contributed by atoms with Crippen molar-refractivity contribution in [2.45, 2.75) is 13.1 Å². The molecular formula is C25H24N6OS2. The summed E-state index contributed by atoms with van der Waals surface area (Å²) >= 11 is 3.41. The maximum Gasteiger partial charge on any atom is 0.146 e. The first-order chi connectivity index (χ1) is 16.8. The van der Waals surface area contributed by atoms with Crippen LogP contribution in [0.1, 0.15) is 11.6 Å². The number of fused-ring (bicyclic) bond motifs is 1. The number of hydrogen-bond acceptors (Lipinski definition) is 8. The van der Waals surface area contributed by atoms with Crippen LogP contribution in [0, 0.1) is 0 Å². The van der Waals surface area contributed by atoms with Crippen LogP contribution in [0.15, 0.2) is 59.4 Å². The minimum absolute atomic E-state index is 0.551. The Labute approximate surface area is 205 Å². The summed E-state index contributed by atoms with van der Waals surface area (Å²) < 4.78 is 5.50. The largest absolute Gasteiger partial charge is 0.379 e. The molecule has 9 heteroatoms. The molecule has 1 aliphatic heterocycles. The van der Waals surface area contributed by atoms with Crippen LogP contribution in [0.2, 0.25) is 0 Å². The molecule has 7 nitrogen and oxygen atoms in total. The van der Waals surface area contributed by atoms with Crippen molar-refractivity contribution in [3.63, 3.8) is 0 Å². The van der Waals surface area contributed by atoms with Gasteiger partial charge in [-0.3, -0.25) is 4.90 Å². The van der Waals surface area contributed by atoms with E-state index in [1.165, 1.54) is 10.4 Å². The molecule has 0 amide bonds. The van der Waals surface area contributed by atoms with E-state index in [9.17, 15) is 0 Å². The van der Waals surface area contributed by atoms with Gasteiger partial charge in [-0.25, -0.2) is 15.0 Å². The molecule has 1 aromatic carbocycles. The number of rotatable bonds is 7. The number of benzene rings is 1. The van der Waals surface area contributed by atoms with Crippen molar-refractivity contribution < 1.29 is 4.74 Å². The highest BCUT2D eigenvalue weighted by Crippen LogP contribution is 2.39. The highest BCUT2D eigenvalue weighted by atomic mass is 32.1. The van der Waals surface area contributed by atoms with Crippen LogP contribution in [-0.2, 0) is 17.8 Å². The summed E-state index contributed by atoms with van der Waals surface area (Å²) in [6.45, 7) is 4.61. The van der Waals surface area contributed by atoms with Gasteiger partial charge in [0.25, 0.3) is 0 Å². The summed E-state index contributed by atoms with van der Waals surface area (Å²) in [6.07, 6.45) is 1.88. The van der Waals surface area contributed by atoms with Crippen LogP contribution >= 0.6 is 22.7 Å². The molecule has 0 atom stereocenters. The predicted molar refractivity (Wildman–Crippen MR) is 138 cm³/mol. The first-order valence-corrected chi connectivity index (χ1v) is 13.0. The molecule has 1 aliphatic rings. The van der Waals surface area contributed by atoms with Crippen LogP contribution in [0.3, 0.4) is 0 Å². The van der Waals surface area contributed by atoms with Gasteiger partial charge in [0.2, 0.25) is 0 Å². The molecule has 1 saturated heterocycles. The minimum atomic E-state index is 0.551. The zero-order valence-electron chi connectivity index (χ0n) is 18.5. The molecule has 6 rings (SSSR count). The Morgan fingerprint density at radius 1 is 1.03 bits per heavy atom. The molecule has 5 aromatic rings. The first kappa shape index (κ1) is 21.4. The fraction of sp³-hybridized carbons (Fsp3) is 0.240. The van der Waals surface area contributed by atoms with Gasteiger partial charge in [-0.15, -0.1) is 22.7 Å². The number of imidazole rings is 1. The zero-order valence-corrected chi connectivity index (χ0v) is 20.2. The smallest absolute Gasteiger partial charge is 0.146 e. The number of aromatic nitrogens is 4. The molecular weight excluding hydrogens is 464 g/mol. The van der Waals surface area contributed by atoms with Crippen LogP contribution in [0.25, 0.3) is 31.9 Å². The third kappa shape index (κ3) is 4.47. The lowest BCUT2D eigenvalue weighted by molar-refractivity contribution is 0.0331. The van der Waals surface area contributed by atoms with Crippen LogP contribution in [0.5, 0.6) is 0 Å². The zero-order chi connectivity index (χ0) is 22.7. The molecule has 0 bridgehead atoms. The number of morpholine rings is 1. The molecule has 0 aliphatic carbocycles. The Balaban J connectivity index is 1.31. The summed E-state index contributed by atoms with van der Waals surface area (Å²) in [5, 5.41) is 8.93. The Kier molecular flexibility index (Phi) is 6.07. The second-order valence-corrected chi connectivity index (χ2v) is 9.95. The van der Waals surface area contributed by atoms with Gasteiger partial charge >= 0.3 is 0 Å². The average Bonchev–Trinajstić information content (AvgIpc) is 3.64. The molecule has 0 unspecified atom stereocenters. The van der Waals surface area contributed by atoms with Crippen molar-refractivity contribution >= 4 is 38.7 Å². The predicted octanol–water partition coefficient (Wildman–Crippen LogP) is 5.25. The fourth-order valence-corrected chi connectivity index (χ4v) is 5.92. The molecule has 0 saturated carbocycles. The molecule has 0 spiro atoms. The number of H-pyrrole nitrogens is 1. The van der Waals surface area contributed by atoms with Crippen LogP contribution in [0.4, 0.5) is 5.82 Å². The normalized spacial score (nSPS) is 14.6. The van der Waals surface area contributed by atoms with Gasteiger partial charge in [0.15, 0.2) is 0 Å². The summed E-state index contributed by atoms with van der Waals surface area (Å²) in [5.74, 6) is 2.56. The number of ether oxygens (including phenoxy) is 1. The molecule has 4 aromatic heterocycles. The summed E-state index contributed by atoms with van der Waals surface area (Å²) in [6, 6.07) is 14.5. The van der Waals surface area contributed by atoms with Crippen LogP contribution in [-0.4, -0.2) is 51.1 Å². The Morgan fingerprint density at radius 2 is 1.91 bits per heavy atom. The van der Waals surface area contributed by atoms with Crippen molar-refractivity contribution in [1.82, 2.24) is 24.8 Å². The van der Waals surface area contributed by atoms with E-state index < -0.39 is 0 Å². The second kappa shape index (κ2) is 9.63. The highest BCUT2D eigenvalue weighted by molar-refractivity contribution is 7.18. The summed E-state index contributed by atoms with van der Waals surface area (Å²) in [4.78, 5) is 22.5. The van der Waals surface area contributed by atoms with E-state index in [1.54, 1.807) is 22.7 Å². The van der Waals surface area contributed by atoms with Gasteiger partial charge in [0.1, 0.15) is 22.3 Å². The second-order valence-electron chi connectivity index (χ2n) is 8.15. The summed E-state index contributed by atoms with van der Waals surface area (Å²) in [7, 11) is 0. The third-order valence-corrected chi connectivity index (χ3v) is 7.65. The average molecular weight is 489 g/mol. The quantitative estimate of drug-likeness (QED) is 0.326. The maximum atomic E-state index is 5.50. The van der Waals surface area contributed by atoms with Crippen molar-refractivity contribution in [2.75, 3.05) is 31.6 Å². The van der Waals surface area contributed by atoms with Gasteiger partial charge < -0.3 is 15.0 Å². The molecule has 0 radical (unpaired) electrons. The standard InChI is InChI=1S/C25H24N6OS2/c1-2-5-17(6-3-1)19-13-26-21(28-19)14-27-24-23-18(20-7-4-12-33-20)16-34-25(23)30-22(29-24)15-31-8-10-32-11-9-31/h1-7,12-13,16H,8-11,14-15H2,(H,26,28)(H,27,29,30). The molecule has 1 fully saturated rings. The molecule has 5 heterocycles. The SMILES string of the molecule is c1ccc(-c2cnc(CNc3nc(CN4CCOCC4)nc4scc(-c5cccs5)c34)[nH]2)cc1. The van der Waals surface area contributed by atoms with E-state index in [0.29, 0.717) is 6.54 Å². The number of aromatic amines is 1. The van der Waals surface area contributed by atoms with Gasteiger partial charge in [-0.05, 0) is 17.0 Å². The lowest BCUT2D eigenvalue weighted by Gasteiger charge is -2.25. The number of thiophene rings is 2. The number of nitrogens with zero attached hydrogens (tertiary/aromatic N) is 4. The Hall–Kier alpha value is -3.11. The van der Waals surface area contributed by atoms with Crippen molar-refractivity contribution in [1.29, 1.82) is 0 Å². The minimum Gasteiger partial charge on any atom is -0.379 e. The highest BCUT2D eigenvalue weighted by Gasteiger charge is 2.19. The van der Waals surface area contributed by atoms with E-state index in [0.717, 1.165) is 71.8 Å². The van der Waals surface area contributed by atoms with E-state index in [-0.39, 0.29) is 0 Å². The van der Waals surface area contributed by atoms with E-state index in [2.05, 4.69) is 55.2 Å². The van der Waals surface area contributed by atoms with Gasteiger partial charge in [0, 0.05) is 28.9 Å². The van der Waals surface area contributed by atoms with E-state index >= 15 is 0 Å². The summed E-state index contributed by atoms with van der Waals surface area (Å²) in [5.41, 5.74) is 3.31. The Morgan fingerprint density at radius 3 is 2.74 bits per heavy atom. The van der Waals surface area contributed by atoms with Crippen LogP contribution < -0.4 is 5.32 Å². The Bertz CT molecular complexity index is 1370. The molecule has 34 heavy (non-hydrogen) atoms. The number of nitrogens with one attached hydrogen (secondary N) is 2. The van der Waals surface area contributed by atoms with E-state index in [4.69, 9.17) is 14.7 Å². The lowest BCUT2D eigenvalue weighted by Crippen LogP contribution is -2.36. The van der Waals surface area contributed by atoms with Crippen molar-refractivity contribution in [2.24, 2.45) is 0 Å². The van der Waals surface area contributed by atoms with Gasteiger partial charge in [0.05, 0.1) is 43.6 Å². The molecule has 2 N–H and O–H groups in total. The van der Waals surface area contributed by atoms with Gasteiger partial charge in [-0.1, -0.05) is 36.4 Å². The van der Waals surface area contributed by atoms with Crippen molar-refractivity contribution in [3.8, 4) is 21.7 Å². The van der Waals surface area contributed by atoms with Gasteiger partial charge in [-0.2, -0.15) is 0 Å². The molecule has 172 valence electrons. The number of hydrogen-bond donors (Lipinski definition) is 2. The lowest BCUT2D eigenvalue weighted by atomic mass is 10.2. The topological polar surface area (TPSA) is 79.0 Å². The first-order valence-electron chi connectivity index (χ1n) is 11.3. The van der Waals surface area contributed by atoms with Crippen molar-refractivity contribution in [3.05, 3.63) is 71.1 Å². The monoisotopic (exact) mass is 488 g/mol. The third-order valence-electron chi connectivity index (χ3n) is 5.87. The maximum absolute atomic E-state index is 5.50. The fourth-order valence-electron chi connectivity index (χ4n) is 4.14. The van der Waals surface area contributed by atoms with E-state index in [1.807, 2.05) is 24.4 Å².